The molecular weight excluding hydrogens is 318 g/mol. The summed E-state index contributed by atoms with van der Waals surface area (Å²) in [7, 11) is 4.00. The number of hydrogen-bond acceptors (Lipinski definition) is 3. The Labute approximate surface area is 140 Å². The highest BCUT2D eigenvalue weighted by Crippen LogP contribution is 2.24. The van der Waals surface area contributed by atoms with Crippen LogP contribution in [0.25, 0.3) is 0 Å². The van der Waals surface area contributed by atoms with E-state index >= 15 is 0 Å². The average molecular weight is 338 g/mol. The van der Waals surface area contributed by atoms with Crippen LogP contribution in [-0.2, 0) is 0 Å². The number of benzene rings is 1. The van der Waals surface area contributed by atoms with Crippen LogP contribution in [0.5, 0.6) is 0 Å². The lowest BCUT2D eigenvalue weighted by molar-refractivity contribution is 0.244. The zero-order chi connectivity index (χ0) is 16.1. The molecule has 0 fully saturated rings. The molecule has 0 bridgehead atoms. The van der Waals surface area contributed by atoms with E-state index in [0.29, 0.717) is 17.3 Å². The quantitative estimate of drug-likeness (QED) is 0.861. The van der Waals surface area contributed by atoms with E-state index in [1.165, 1.54) is 4.88 Å². The Balaban J connectivity index is 1.94. The maximum Gasteiger partial charge on any atom is 0.319 e. The van der Waals surface area contributed by atoms with Gasteiger partial charge in [-0.15, -0.1) is 11.3 Å². The van der Waals surface area contributed by atoms with Gasteiger partial charge >= 0.3 is 6.03 Å². The molecule has 0 aliphatic carbocycles. The fraction of sp³-hybridized carbons (Fsp3) is 0.312. The molecule has 0 aliphatic rings. The Morgan fingerprint density at radius 2 is 2.14 bits per heavy atom. The molecule has 2 aromatic rings. The minimum Gasteiger partial charge on any atom is -0.336 e. The number of urea groups is 1. The number of aryl methyl sites for hydroxylation is 1. The van der Waals surface area contributed by atoms with Crippen LogP contribution in [0.3, 0.4) is 0 Å². The van der Waals surface area contributed by atoms with Gasteiger partial charge in [-0.2, -0.15) is 0 Å². The molecule has 0 saturated heterocycles. The topological polar surface area (TPSA) is 44.4 Å². The van der Waals surface area contributed by atoms with Crippen LogP contribution in [0.4, 0.5) is 10.5 Å². The predicted molar refractivity (Wildman–Crippen MR) is 94.0 cm³/mol. The Morgan fingerprint density at radius 3 is 2.73 bits per heavy atom. The van der Waals surface area contributed by atoms with E-state index in [2.05, 4.69) is 21.6 Å². The van der Waals surface area contributed by atoms with Crippen molar-refractivity contribution in [3.05, 3.63) is 51.2 Å². The highest BCUT2D eigenvalue weighted by Gasteiger charge is 2.16. The third-order valence-corrected chi connectivity index (χ3v) is 4.61. The fourth-order valence-electron chi connectivity index (χ4n) is 2.10. The first kappa shape index (κ1) is 16.8. The monoisotopic (exact) mass is 337 g/mol. The SMILES string of the molecule is Cc1ccc(NC(=O)NCC(c2cccs2)N(C)C)c(Cl)c1. The summed E-state index contributed by atoms with van der Waals surface area (Å²) >= 11 is 7.80. The Hall–Kier alpha value is -1.56. The van der Waals surface area contributed by atoms with Crippen LogP contribution in [0.1, 0.15) is 16.5 Å². The van der Waals surface area contributed by atoms with E-state index in [9.17, 15) is 4.79 Å². The molecule has 0 radical (unpaired) electrons. The molecule has 22 heavy (non-hydrogen) atoms. The second kappa shape index (κ2) is 7.63. The lowest BCUT2D eigenvalue weighted by Crippen LogP contribution is -2.36. The van der Waals surface area contributed by atoms with E-state index in [1.807, 2.05) is 44.6 Å². The fourth-order valence-corrected chi connectivity index (χ4v) is 3.30. The molecule has 1 heterocycles. The summed E-state index contributed by atoms with van der Waals surface area (Å²) in [5, 5.41) is 8.26. The Kier molecular flexibility index (Phi) is 5.83. The van der Waals surface area contributed by atoms with E-state index in [1.54, 1.807) is 17.4 Å². The van der Waals surface area contributed by atoms with E-state index in [-0.39, 0.29) is 12.1 Å². The van der Waals surface area contributed by atoms with Crippen molar-refractivity contribution < 1.29 is 4.79 Å². The zero-order valence-corrected chi connectivity index (χ0v) is 14.5. The number of halogens is 1. The maximum absolute atomic E-state index is 12.1. The van der Waals surface area contributed by atoms with Gasteiger partial charge in [0.1, 0.15) is 0 Å². The number of carbonyl (C=O) groups excluding carboxylic acids is 1. The van der Waals surface area contributed by atoms with Crippen molar-refractivity contribution in [2.45, 2.75) is 13.0 Å². The molecule has 1 atom stereocenters. The molecule has 1 aromatic heterocycles. The van der Waals surface area contributed by atoms with Crippen molar-refractivity contribution in [1.82, 2.24) is 10.2 Å². The van der Waals surface area contributed by atoms with Gasteiger partial charge in [0.2, 0.25) is 0 Å². The first-order valence-corrected chi connectivity index (χ1v) is 8.24. The zero-order valence-electron chi connectivity index (χ0n) is 12.9. The Morgan fingerprint density at radius 1 is 1.36 bits per heavy atom. The van der Waals surface area contributed by atoms with E-state index in [4.69, 9.17) is 11.6 Å². The number of nitrogens with one attached hydrogen (secondary N) is 2. The van der Waals surface area contributed by atoms with Crippen molar-refractivity contribution >= 4 is 34.7 Å². The molecule has 0 aliphatic heterocycles. The summed E-state index contributed by atoms with van der Waals surface area (Å²) in [4.78, 5) is 15.4. The first-order valence-electron chi connectivity index (χ1n) is 6.98. The van der Waals surface area contributed by atoms with Crippen molar-refractivity contribution in [3.8, 4) is 0 Å². The molecule has 2 amide bonds. The summed E-state index contributed by atoms with van der Waals surface area (Å²) in [6, 6.07) is 9.53. The number of anilines is 1. The molecule has 2 rings (SSSR count). The van der Waals surface area contributed by atoms with E-state index < -0.39 is 0 Å². The van der Waals surface area contributed by atoms with E-state index in [0.717, 1.165) is 5.56 Å². The Bertz CT molecular complexity index is 628. The van der Waals surface area contributed by atoms with Gasteiger partial charge in [0.05, 0.1) is 16.8 Å². The summed E-state index contributed by atoms with van der Waals surface area (Å²) in [6.45, 7) is 2.49. The smallest absolute Gasteiger partial charge is 0.319 e. The number of amides is 2. The number of likely N-dealkylation sites (N-methyl/N-ethyl adjacent to an activating group) is 1. The minimum absolute atomic E-state index is 0.152. The predicted octanol–water partition coefficient (Wildman–Crippen LogP) is 4.13. The lowest BCUT2D eigenvalue weighted by atomic mass is 10.2. The average Bonchev–Trinajstić information content (AvgIpc) is 2.96. The summed E-state index contributed by atoms with van der Waals surface area (Å²) in [6.07, 6.45) is 0. The number of hydrogen-bond donors (Lipinski definition) is 2. The first-order chi connectivity index (χ1) is 10.5. The largest absolute Gasteiger partial charge is 0.336 e. The van der Waals surface area contributed by atoms with Crippen LogP contribution >= 0.6 is 22.9 Å². The van der Waals surface area contributed by atoms with Crippen molar-refractivity contribution in [2.24, 2.45) is 0 Å². The normalized spacial score (nSPS) is 12.2. The minimum atomic E-state index is -0.255. The third-order valence-electron chi connectivity index (χ3n) is 3.32. The van der Waals surface area contributed by atoms with Gasteiger partial charge < -0.3 is 15.5 Å². The van der Waals surface area contributed by atoms with Crippen LogP contribution < -0.4 is 10.6 Å². The molecule has 1 aromatic carbocycles. The van der Waals surface area contributed by atoms with Gasteiger partial charge in [0.15, 0.2) is 0 Å². The van der Waals surface area contributed by atoms with Crippen LogP contribution in [0.15, 0.2) is 35.7 Å². The summed E-state index contributed by atoms with van der Waals surface area (Å²) in [5.41, 5.74) is 1.67. The number of thiophene rings is 1. The number of nitrogens with zero attached hydrogens (tertiary/aromatic N) is 1. The molecule has 0 saturated carbocycles. The molecular formula is C16H20ClN3OS. The van der Waals surface area contributed by atoms with Crippen molar-refractivity contribution in [2.75, 3.05) is 26.0 Å². The molecule has 118 valence electrons. The second-order valence-corrected chi connectivity index (χ2v) is 6.70. The van der Waals surface area contributed by atoms with Gasteiger partial charge in [-0.1, -0.05) is 23.7 Å². The van der Waals surface area contributed by atoms with Gasteiger partial charge in [0, 0.05) is 11.4 Å². The summed E-state index contributed by atoms with van der Waals surface area (Å²) < 4.78 is 0. The lowest BCUT2D eigenvalue weighted by Gasteiger charge is -2.23. The standard InChI is InChI=1S/C16H20ClN3OS/c1-11-6-7-13(12(17)9-11)19-16(21)18-10-14(20(2)3)15-5-4-8-22-15/h4-9,14H,10H2,1-3H3,(H2,18,19,21). The van der Waals surface area contributed by atoms with Crippen molar-refractivity contribution in [1.29, 1.82) is 0 Å². The maximum atomic E-state index is 12.1. The van der Waals surface area contributed by atoms with Crippen LogP contribution in [-0.4, -0.2) is 31.6 Å². The molecule has 6 heteroatoms. The van der Waals surface area contributed by atoms with Crippen LogP contribution in [0, 0.1) is 6.92 Å². The molecule has 2 N–H and O–H groups in total. The van der Waals surface area contributed by atoms with Gasteiger partial charge in [-0.3, -0.25) is 0 Å². The highest BCUT2D eigenvalue weighted by atomic mass is 35.5. The van der Waals surface area contributed by atoms with Gasteiger partial charge in [-0.05, 0) is 50.2 Å². The van der Waals surface area contributed by atoms with Crippen LogP contribution in [0.2, 0.25) is 5.02 Å². The summed E-state index contributed by atoms with van der Waals surface area (Å²) in [5.74, 6) is 0. The third kappa shape index (κ3) is 4.47. The molecule has 0 spiro atoms. The van der Waals surface area contributed by atoms with Gasteiger partial charge in [-0.25, -0.2) is 4.79 Å². The second-order valence-electron chi connectivity index (χ2n) is 5.31. The number of carbonyl (C=O) groups is 1. The number of rotatable bonds is 5. The van der Waals surface area contributed by atoms with Crippen molar-refractivity contribution in [3.63, 3.8) is 0 Å². The molecule has 4 nitrogen and oxygen atoms in total. The highest BCUT2D eigenvalue weighted by molar-refractivity contribution is 7.10. The molecule has 1 unspecified atom stereocenters. The van der Waals surface area contributed by atoms with Gasteiger partial charge in [0.25, 0.3) is 0 Å².